The van der Waals surface area contributed by atoms with Gasteiger partial charge in [0, 0.05) is 37.4 Å². The summed E-state index contributed by atoms with van der Waals surface area (Å²) in [7, 11) is 0. The van der Waals surface area contributed by atoms with Crippen molar-refractivity contribution >= 4 is 17.7 Å². The molecule has 3 aliphatic heterocycles. The van der Waals surface area contributed by atoms with E-state index in [1.54, 1.807) is 12.4 Å². The Morgan fingerprint density at radius 3 is 2.77 bits per heavy atom. The number of alkyl halides is 3. The summed E-state index contributed by atoms with van der Waals surface area (Å²) in [6.45, 7) is 0.891. The van der Waals surface area contributed by atoms with Crippen LogP contribution < -0.4 is 10.2 Å². The molecule has 0 radical (unpaired) electrons. The van der Waals surface area contributed by atoms with Crippen LogP contribution >= 0.6 is 0 Å². The number of rotatable bonds is 4. The Kier molecular flexibility index (Phi) is 4.88. The predicted molar refractivity (Wildman–Crippen MR) is 112 cm³/mol. The highest BCUT2D eigenvalue weighted by molar-refractivity contribution is 5.76. The maximum absolute atomic E-state index is 13.1. The van der Waals surface area contributed by atoms with Crippen LogP contribution in [0.3, 0.4) is 0 Å². The lowest BCUT2D eigenvalue weighted by Crippen LogP contribution is -2.38. The average Bonchev–Trinajstić information content (AvgIpc) is 3.40. The predicted octanol–water partition coefficient (Wildman–Crippen LogP) is 3.71. The summed E-state index contributed by atoms with van der Waals surface area (Å²) in [6, 6.07) is 12.5. The third kappa shape index (κ3) is 3.87. The lowest BCUT2D eigenvalue weighted by molar-refractivity contribution is -0.0935. The van der Waals surface area contributed by atoms with Gasteiger partial charge in [-0.3, -0.25) is 4.99 Å². The summed E-state index contributed by atoms with van der Waals surface area (Å²) in [6.07, 6.45) is 3.61. The highest BCUT2D eigenvalue weighted by atomic mass is 19.4. The van der Waals surface area contributed by atoms with Gasteiger partial charge in [-0.15, -0.1) is 0 Å². The Morgan fingerprint density at radius 1 is 1.13 bits per heavy atom. The fourth-order valence-corrected chi connectivity index (χ4v) is 4.24. The molecule has 1 N–H and O–H groups in total. The molecule has 2 unspecified atom stereocenters. The zero-order valence-electron chi connectivity index (χ0n) is 16.6. The number of allylic oxidation sites excluding steroid dienone is 1. The lowest BCUT2D eigenvalue weighted by atomic mass is 10.0. The molecule has 4 heterocycles. The maximum Gasteiger partial charge on any atom is 0.434 e. The number of nitrogens with one attached hydrogen (secondary N) is 1. The molecule has 2 aromatic rings. The fourth-order valence-electron chi connectivity index (χ4n) is 4.24. The molecule has 0 amide bonds. The molecule has 0 aliphatic carbocycles. The molecule has 2 atom stereocenters. The van der Waals surface area contributed by atoms with Crippen molar-refractivity contribution in [2.75, 3.05) is 11.4 Å². The highest BCUT2D eigenvalue weighted by Gasteiger charge is 2.39. The molecule has 0 bridgehead atoms. The second-order valence-corrected chi connectivity index (χ2v) is 7.76. The van der Waals surface area contributed by atoms with Gasteiger partial charge in [0.1, 0.15) is 17.7 Å². The van der Waals surface area contributed by atoms with Crippen molar-refractivity contribution in [2.45, 2.75) is 37.6 Å². The summed E-state index contributed by atoms with van der Waals surface area (Å²) >= 11 is 0. The van der Waals surface area contributed by atoms with Gasteiger partial charge in [0.25, 0.3) is 0 Å². The summed E-state index contributed by atoms with van der Waals surface area (Å²) < 4.78 is 39.4. The topological polar surface area (TPSA) is 56.7 Å². The van der Waals surface area contributed by atoms with Crippen LogP contribution in [0.5, 0.6) is 0 Å². The monoisotopic (exact) mass is 426 g/mol. The highest BCUT2D eigenvalue weighted by Crippen LogP contribution is 2.34. The molecule has 0 spiro atoms. The van der Waals surface area contributed by atoms with Crippen molar-refractivity contribution in [1.29, 1.82) is 0 Å². The second-order valence-electron chi connectivity index (χ2n) is 7.76. The first-order valence-corrected chi connectivity index (χ1v) is 10.2. The molecule has 9 heteroatoms. The van der Waals surface area contributed by atoms with E-state index >= 15 is 0 Å². The van der Waals surface area contributed by atoms with Crippen LogP contribution in [0.1, 0.15) is 24.2 Å². The van der Waals surface area contributed by atoms with Gasteiger partial charge >= 0.3 is 6.18 Å². The molecular formula is C22H21F3N6. The minimum absolute atomic E-state index is 0.326. The van der Waals surface area contributed by atoms with Crippen molar-refractivity contribution in [2.24, 2.45) is 4.99 Å². The van der Waals surface area contributed by atoms with Gasteiger partial charge in [0.2, 0.25) is 0 Å². The quantitative estimate of drug-likeness (QED) is 0.808. The van der Waals surface area contributed by atoms with E-state index in [-0.39, 0.29) is 0 Å². The minimum atomic E-state index is -4.52. The number of hydrogen-bond acceptors (Lipinski definition) is 6. The van der Waals surface area contributed by atoms with Crippen LogP contribution in [-0.2, 0) is 6.42 Å². The maximum atomic E-state index is 13.1. The standard InChI is InChI=1S/C22H21F3N6/c23-22(24,25)18-14-31-17(12-28-20(31)13-27-18)21-26-9-8-19(29-21)30-10-4-7-16(30)11-15-5-2-1-3-6-15/h1-3,5-6,8-9,12-14,16,20,28H,4,7,10-11H2. The molecule has 1 aromatic carbocycles. The Labute approximate surface area is 177 Å². The Balaban J connectivity index is 1.39. The van der Waals surface area contributed by atoms with E-state index in [9.17, 15) is 13.2 Å². The van der Waals surface area contributed by atoms with E-state index < -0.39 is 18.0 Å². The summed E-state index contributed by atoms with van der Waals surface area (Å²) in [5, 5.41) is 3.02. The van der Waals surface area contributed by atoms with Crippen LogP contribution in [-0.4, -0.2) is 46.0 Å². The molecule has 0 saturated carbocycles. The van der Waals surface area contributed by atoms with E-state index in [1.807, 2.05) is 24.3 Å². The number of benzene rings is 1. The molecule has 6 nitrogen and oxygen atoms in total. The minimum Gasteiger partial charge on any atom is -0.365 e. The number of nitrogens with zero attached hydrogens (tertiary/aromatic N) is 5. The van der Waals surface area contributed by atoms with Crippen molar-refractivity contribution in [1.82, 2.24) is 20.2 Å². The number of hydrogen-bond donors (Lipinski definition) is 1. The Morgan fingerprint density at radius 2 is 1.97 bits per heavy atom. The molecule has 1 saturated heterocycles. The number of anilines is 1. The Bertz CT molecular complexity index is 1050. The van der Waals surface area contributed by atoms with Gasteiger partial charge in [0.05, 0.1) is 0 Å². The van der Waals surface area contributed by atoms with Gasteiger partial charge in [-0.2, -0.15) is 13.2 Å². The van der Waals surface area contributed by atoms with Gasteiger partial charge < -0.3 is 15.1 Å². The van der Waals surface area contributed by atoms with E-state index in [2.05, 4.69) is 32.3 Å². The van der Waals surface area contributed by atoms with Gasteiger partial charge in [-0.1, -0.05) is 30.3 Å². The molecular weight excluding hydrogens is 405 g/mol. The average molecular weight is 426 g/mol. The smallest absolute Gasteiger partial charge is 0.365 e. The molecule has 1 fully saturated rings. The van der Waals surface area contributed by atoms with Crippen LogP contribution in [0.25, 0.3) is 5.70 Å². The van der Waals surface area contributed by atoms with E-state index in [0.29, 0.717) is 17.6 Å². The van der Waals surface area contributed by atoms with Gasteiger partial charge in [0.15, 0.2) is 11.5 Å². The van der Waals surface area contributed by atoms with Gasteiger partial charge in [-0.05, 0) is 30.9 Å². The van der Waals surface area contributed by atoms with E-state index in [4.69, 9.17) is 4.98 Å². The largest absolute Gasteiger partial charge is 0.434 e. The van der Waals surface area contributed by atoms with Crippen molar-refractivity contribution in [3.8, 4) is 0 Å². The molecule has 1 aromatic heterocycles. The third-order valence-corrected chi connectivity index (χ3v) is 5.73. The molecule has 31 heavy (non-hydrogen) atoms. The summed E-state index contributed by atoms with van der Waals surface area (Å²) in [5.41, 5.74) is 0.812. The first kappa shape index (κ1) is 19.6. The van der Waals surface area contributed by atoms with Crippen molar-refractivity contribution in [3.63, 3.8) is 0 Å². The fraction of sp³-hybridized carbons (Fsp3) is 0.318. The normalized spacial score (nSPS) is 22.8. The van der Waals surface area contributed by atoms with Crippen LogP contribution in [0.2, 0.25) is 0 Å². The molecule has 3 aliphatic rings. The molecule has 5 rings (SSSR count). The van der Waals surface area contributed by atoms with Crippen LogP contribution in [0, 0.1) is 0 Å². The summed E-state index contributed by atoms with van der Waals surface area (Å²) in [4.78, 5) is 16.3. The Hall–Kier alpha value is -3.36. The molecule has 160 valence electrons. The number of aromatic nitrogens is 2. The van der Waals surface area contributed by atoms with E-state index in [0.717, 1.165) is 37.8 Å². The van der Waals surface area contributed by atoms with Crippen LogP contribution in [0.15, 0.2) is 65.7 Å². The zero-order chi connectivity index (χ0) is 21.4. The first-order valence-electron chi connectivity index (χ1n) is 10.2. The zero-order valence-corrected chi connectivity index (χ0v) is 16.6. The third-order valence-electron chi connectivity index (χ3n) is 5.73. The lowest BCUT2D eigenvalue weighted by Gasteiger charge is -2.28. The first-order chi connectivity index (χ1) is 15.0. The SMILES string of the molecule is FC(F)(F)C1=CN2C(c3nccc(N4CCCC4Cc4ccccc4)n3)=CNC2C=N1. The van der Waals surface area contributed by atoms with E-state index in [1.165, 1.54) is 16.7 Å². The van der Waals surface area contributed by atoms with Crippen LogP contribution in [0.4, 0.5) is 19.0 Å². The van der Waals surface area contributed by atoms with Crippen molar-refractivity contribution < 1.29 is 13.2 Å². The second kappa shape index (κ2) is 7.72. The summed E-state index contributed by atoms with van der Waals surface area (Å²) in [5.74, 6) is 1.17. The number of fused-ring (bicyclic) bond motifs is 1. The van der Waals surface area contributed by atoms with Crippen molar-refractivity contribution in [3.05, 3.63) is 72.1 Å². The number of aliphatic imine (C=N–C) groups is 1. The van der Waals surface area contributed by atoms with Gasteiger partial charge in [-0.25, -0.2) is 9.97 Å². The number of halogens is 3.